The monoisotopic (exact) mass is 267 g/mol. The molecule has 0 aromatic carbocycles. The third-order valence-corrected chi connectivity index (χ3v) is 4.01. The molecule has 3 nitrogen and oxygen atoms in total. The Morgan fingerprint density at radius 1 is 1.33 bits per heavy atom. The predicted molar refractivity (Wildman–Crippen MR) is 74.8 cm³/mol. The number of halogens is 1. The van der Waals surface area contributed by atoms with Gasteiger partial charge >= 0.3 is 0 Å². The molecule has 0 radical (unpaired) electrons. The summed E-state index contributed by atoms with van der Waals surface area (Å²) in [5.74, 6) is 0.736. The van der Waals surface area contributed by atoms with Crippen molar-refractivity contribution in [1.29, 1.82) is 0 Å². The second kappa shape index (κ2) is 6.48. The Labute approximate surface area is 115 Å². The molecule has 1 aliphatic rings. The smallest absolute Gasteiger partial charge is 0.132 e. The fourth-order valence-electron chi connectivity index (χ4n) is 2.69. The topological polar surface area (TPSA) is 29.0 Å². The third-order valence-electron chi connectivity index (χ3n) is 3.80. The van der Waals surface area contributed by atoms with Crippen LogP contribution in [-0.4, -0.2) is 34.0 Å². The molecule has 1 aliphatic heterocycles. The number of rotatable bonds is 3. The van der Waals surface area contributed by atoms with Crippen LogP contribution in [0.2, 0.25) is 5.15 Å². The summed E-state index contributed by atoms with van der Waals surface area (Å²) in [7, 11) is 0. The van der Waals surface area contributed by atoms with Crippen LogP contribution in [0.15, 0.2) is 12.4 Å². The summed E-state index contributed by atoms with van der Waals surface area (Å²) in [5, 5.41) is 0.553. The maximum absolute atomic E-state index is 5.90. The molecule has 2 rings (SSSR count). The van der Waals surface area contributed by atoms with Gasteiger partial charge in [0, 0.05) is 11.7 Å². The minimum atomic E-state index is 0.553. The predicted octanol–water partition coefficient (Wildman–Crippen LogP) is 3.18. The Bertz CT molecular complexity index is 381. The Morgan fingerprint density at radius 3 is 2.89 bits per heavy atom. The largest absolute Gasteiger partial charge is 0.301 e. The van der Waals surface area contributed by atoms with Crippen LogP contribution in [-0.2, 0) is 6.42 Å². The van der Waals surface area contributed by atoms with Gasteiger partial charge in [0.25, 0.3) is 0 Å². The zero-order valence-electron chi connectivity index (χ0n) is 11.3. The fourth-order valence-corrected chi connectivity index (χ4v) is 2.86. The minimum Gasteiger partial charge on any atom is -0.301 e. The van der Waals surface area contributed by atoms with E-state index in [1.54, 1.807) is 6.33 Å². The molecular weight excluding hydrogens is 246 g/mol. The molecule has 4 heteroatoms. The normalized spacial score (nSPS) is 22.1. The molecule has 0 bridgehead atoms. The average Bonchev–Trinajstić information content (AvgIpc) is 2.55. The maximum Gasteiger partial charge on any atom is 0.132 e. The summed E-state index contributed by atoms with van der Waals surface area (Å²) in [5.41, 5.74) is 1.08. The first-order chi connectivity index (χ1) is 8.65. The zero-order chi connectivity index (χ0) is 13.0. The van der Waals surface area contributed by atoms with E-state index in [0.717, 1.165) is 18.0 Å². The van der Waals surface area contributed by atoms with E-state index >= 15 is 0 Å². The summed E-state index contributed by atoms with van der Waals surface area (Å²) in [4.78, 5) is 10.8. The maximum atomic E-state index is 5.90. The van der Waals surface area contributed by atoms with Crippen LogP contribution in [0.4, 0.5) is 0 Å². The molecule has 2 heterocycles. The fraction of sp³-hybridized carbons (Fsp3) is 0.714. The number of likely N-dealkylation sites (tertiary alicyclic amines) is 1. The molecule has 0 aliphatic carbocycles. The molecule has 1 fully saturated rings. The molecule has 1 atom stereocenters. The first kappa shape index (κ1) is 13.8. The van der Waals surface area contributed by atoms with Gasteiger partial charge in [-0.25, -0.2) is 9.97 Å². The van der Waals surface area contributed by atoms with Crippen LogP contribution in [0.3, 0.4) is 0 Å². The first-order valence-electron chi connectivity index (χ1n) is 6.85. The second-order valence-electron chi connectivity index (χ2n) is 5.46. The van der Waals surface area contributed by atoms with Crippen LogP contribution in [0.25, 0.3) is 0 Å². The molecule has 100 valence electrons. The van der Waals surface area contributed by atoms with Gasteiger partial charge in [-0.15, -0.1) is 0 Å². The van der Waals surface area contributed by atoms with Crippen molar-refractivity contribution in [1.82, 2.24) is 14.9 Å². The Kier molecular flexibility index (Phi) is 4.95. The van der Waals surface area contributed by atoms with Crippen molar-refractivity contribution < 1.29 is 0 Å². The lowest BCUT2D eigenvalue weighted by atomic mass is 9.95. The summed E-state index contributed by atoms with van der Waals surface area (Å²) in [6.07, 6.45) is 6.45. The molecule has 1 saturated heterocycles. The van der Waals surface area contributed by atoms with E-state index in [1.807, 2.05) is 6.07 Å². The highest BCUT2D eigenvalue weighted by Gasteiger charge is 2.19. The van der Waals surface area contributed by atoms with Crippen molar-refractivity contribution in [3.63, 3.8) is 0 Å². The van der Waals surface area contributed by atoms with Crippen molar-refractivity contribution in [2.45, 2.75) is 45.6 Å². The molecule has 18 heavy (non-hydrogen) atoms. The van der Waals surface area contributed by atoms with Crippen LogP contribution in [0.1, 0.15) is 38.8 Å². The van der Waals surface area contributed by atoms with E-state index < -0.39 is 0 Å². The molecule has 1 aromatic rings. The van der Waals surface area contributed by atoms with Gasteiger partial charge in [0.15, 0.2) is 0 Å². The van der Waals surface area contributed by atoms with Crippen LogP contribution < -0.4 is 0 Å². The van der Waals surface area contributed by atoms with Crippen molar-refractivity contribution in [2.75, 3.05) is 13.1 Å². The van der Waals surface area contributed by atoms with E-state index in [4.69, 9.17) is 11.6 Å². The Morgan fingerprint density at radius 2 is 2.17 bits per heavy atom. The van der Waals surface area contributed by atoms with Crippen molar-refractivity contribution in [3.05, 3.63) is 23.2 Å². The molecule has 0 unspecified atom stereocenters. The molecule has 0 N–H and O–H groups in total. The van der Waals surface area contributed by atoms with E-state index in [9.17, 15) is 0 Å². The van der Waals surface area contributed by atoms with Crippen LogP contribution in [0, 0.1) is 5.92 Å². The lowest BCUT2D eigenvalue weighted by Gasteiger charge is -2.24. The van der Waals surface area contributed by atoms with Gasteiger partial charge in [-0.05, 0) is 64.6 Å². The molecule has 1 aromatic heterocycles. The molecular formula is C14H22ClN3. The van der Waals surface area contributed by atoms with Gasteiger partial charge in [0.1, 0.15) is 11.5 Å². The van der Waals surface area contributed by atoms with E-state index in [1.165, 1.54) is 32.4 Å². The molecule has 0 saturated carbocycles. The second-order valence-corrected chi connectivity index (χ2v) is 5.85. The average molecular weight is 268 g/mol. The van der Waals surface area contributed by atoms with Crippen LogP contribution >= 0.6 is 11.6 Å². The van der Waals surface area contributed by atoms with E-state index in [-0.39, 0.29) is 0 Å². The lowest BCUT2D eigenvalue weighted by Crippen LogP contribution is -2.31. The standard InChI is InChI=1S/C14H22ClN3/c1-11(2)18-6-3-4-12(5-7-18)8-13-9-14(15)17-10-16-13/h9-12H,3-8H2,1-2H3/t12-/m1/s1. The number of hydrogen-bond acceptors (Lipinski definition) is 3. The summed E-state index contributed by atoms with van der Waals surface area (Å²) in [6.45, 7) is 7.01. The van der Waals surface area contributed by atoms with Crippen molar-refractivity contribution >= 4 is 11.6 Å². The van der Waals surface area contributed by atoms with Gasteiger partial charge in [0.2, 0.25) is 0 Å². The number of aromatic nitrogens is 2. The number of nitrogens with zero attached hydrogens (tertiary/aromatic N) is 3. The quantitative estimate of drug-likeness (QED) is 0.788. The lowest BCUT2D eigenvalue weighted by molar-refractivity contribution is 0.228. The summed E-state index contributed by atoms with van der Waals surface area (Å²) >= 11 is 5.90. The molecule has 0 amide bonds. The van der Waals surface area contributed by atoms with Gasteiger partial charge in [-0.2, -0.15) is 0 Å². The Hall–Kier alpha value is -0.670. The minimum absolute atomic E-state index is 0.553. The first-order valence-corrected chi connectivity index (χ1v) is 7.23. The van der Waals surface area contributed by atoms with Crippen LogP contribution in [0.5, 0.6) is 0 Å². The van der Waals surface area contributed by atoms with Gasteiger partial charge in [-0.3, -0.25) is 0 Å². The van der Waals surface area contributed by atoms with Gasteiger partial charge in [0.05, 0.1) is 0 Å². The highest BCUT2D eigenvalue weighted by molar-refractivity contribution is 6.29. The Balaban J connectivity index is 1.91. The molecule has 0 spiro atoms. The van der Waals surface area contributed by atoms with E-state index in [0.29, 0.717) is 11.2 Å². The van der Waals surface area contributed by atoms with Crippen molar-refractivity contribution in [2.24, 2.45) is 5.92 Å². The SMILES string of the molecule is CC(C)N1CCC[C@@H](Cc2cc(Cl)ncn2)CC1. The third kappa shape index (κ3) is 3.92. The van der Waals surface area contributed by atoms with Crippen molar-refractivity contribution in [3.8, 4) is 0 Å². The van der Waals surface area contributed by atoms with Gasteiger partial charge in [-0.1, -0.05) is 11.6 Å². The number of hydrogen-bond donors (Lipinski definition) is 0. The summed E-state index contributed by atoms with van der Waals surface area (Å²) in [6, 6.07) is 2.56. The summed E-state index contributed by atoms with van der Waals surface area (Å²) < 4.78 is 0. The zero-order valence-corrected chi connectivity index (χ0v) is 12.0. The highest BCUT2D eigenvalue weighted by atomic mass is 35.5. The van der Waals surface area contributed by atoms with E-state index in [2.05, 4.69) is 28.7 Å². The highest BCUT2D eigenvalue weighted by Crippen LogP contribution is 2.22. The van der Waals surface area contributed by atoms with Gasteiger partial charge < -0.3 is 4.90 Å².